The number of halogens is 1. The first-order valence-corrected chi connectivity index (χ1v) is 9.26. The minimum absolute atomic E-state index is 0.0369. The van der Waals surface area contributed by atoms with Gasteiger partial charge in [0.05, 0.1) is 41.0 Å². The fourth-order valence-electron chi connectivity index (χ4n) is 3.77. The van der Waals surface area contributed by atoms with Crippen LogP contribution in [-0.2, 0) is 9.53 Å². The van der Waals surface area contributed by atoms with E-state index in [9.17, 15) is 9.59 Å². The second-order valence-corrected chi connectivity index (χ2v) is 6.59. The minimum Gasteiger partial charge on any atom is -0.497 e. The van der Waals surface area contributed by atoms with E-state index in [-0.39, 0.29) is 29.2 Å². The van der Waals surface area contributed by atoms with Crippen LogP contribution in [0.4, 0.5) is 4.39 Å². The molecule has 0 fully saturated rings. The van der Waals surface area contributed by atoms with Crippen LogP contribution in [0.25, 0.3) is 0 Å². The van der Waals surface area contributed by atoms with Crippen LogP contribution < -0.4 is 18.9 Å². The Hall–Kier alpha value is -3.29. The van der Waals surface area contributed by atoms with Gasteiger partial charge in [-0.25, -0.2) is 9.18 Å². The van der Waals surface area contributed by atoms with Gasteiger partial charge in [0, 0.05) is 23.3 Å². The summed E-state index contributed by atoms with van der Waals surface area (Å²) in [6, 6.07) is 7.64. The number of Topliss-reactive ketones (excluding diaryl/α,β-unsaturated/α-hetero) is 1. The van der Waals surface area contributed by atoms with Crippen LogP contribution in [-0.4, -0.2) is 52.5 Å². The van der Waals surface area contributed by atoms with Crippen molar-refractivity contribution >= 4 is 11.8 Å². The second kappa shape index (κ2) is 8.22. The average molecular weight is 418 g/mol. The summed E-state index contributed by atoms with van der Waals surface area (Å²) in [7, 11) is 5.69. The Morgan fingerprint density at radius 1 is 0.967 bits per heavy atom. The van der Waals surface area contributed by atoms with E-state index in [4.69, 9.17) is 23.7 Å². The van der Waals surface area contributed by atoms with Gasteiger partial charge in [-0.15, -0.1) is 0 Å². The molecule has 2 atom stereocenters. The molecule has 0 saturated heterocycles. The number of alkyl halides is 1. The average Bonchev–Trinajstić information content (AvgIpc) is 3.00. The summed E-state index contributed by atoms with van der Waals surface area (Å²) in [5, 5.41) is 0. The maximum absolute atomic E-state index is 16.5. The van der Waals surface area contributed by atoms with Crippen molar-refractivity contribution in [2.45, 2.75) is 18.5 Å². The Morgan fingerprint density at radius 3 is 2.07 bits per heavy atom. The molecule has 0 saturated carbocycles. The van der Waals surface area contributed by atoms with Crippen molar-refractivity contribution in [1.82, 2.24) is 0 Å². The van der Waals surface area contributed by atoms with Crippen molar-refractivity contribution in [3.05, 3.63) is 47.0 Å². The van der Waals surface area contributed by atoms with Gasteiger partial charge in [-0.3, -0.25) is 4.79 Å². The molecular formula is C22H23FO7. The number of esters is 1. The van der Waals surface area contributed by atoms with Crippen LogP contribution >= 0.6 is 0 Å². The highest BCUT2D eigenvalue weighted by Gasteiger charge is 2.62. The normalized spacial score (nSPS) is 19.8. The lowest BCUT2D eigenvalue weighted by atomic mass is 9.82. The molecule has 2 aromatic carbocycles. The van der Waals surface area contributed by atoms with Crippen molar-refractivity contribution in [2.24, 2.45) is 0 Å². The Morgan fingerprint density at radius 2 is 1.57 bits per heavy atom. The predicted molar refractivity (Wildman–Crippen MR) is 106 cm³/mol. The second-order valence-electron chi connectivity index (χ2n) is 6.59. The quantitative estimate of drug-likeness (QED) is 0.504. The lowest BCUT2D eigenvalue weighted by Gasteiger charge is -2.27. The molecule has 1 aliphatic rings. The van der Waals surface area contributed by atoms with Crippen LogP contribution in [0, 0.1) is 0 Å². The number of hydrogen-bond donors (Lipinski definition) is 0. The summed E-state index contributed by atoms with van der Waals surface area (Å²) < 4.78 is 42.8. The molecule has 0 unspecified atom stereocenters. The van der Waals surface area contributed by atoms with E-state index >= 15 is 4.39 Å². The number of rotatable bonds is 7. The molecule has 0 heterocycles. The van der Waals surface area contributed by atoms with Gasteiger partial charge < -0.3 is 23.7 Å². The number of ether oxygens (including phenoxy) is 5. The van der Waals surface area contributed by atoms with E-state index in [1.807, 2.05) is 0 Å². The largest absolute Gasteiger partial charge is 0.497 e. The van der Waals surface area contributed by atoms with Crippen molar-refractivity contribution in [3.8, 4) is 23.0 Å². The lowest BCUT2D eigenvalue weighted by Crippen LogP contribution is -2.45. The highest BCUT2D eigenvalue weighted by molar-refractivity contribution is 6.20. The fourth-order valence-corrected chi connectivity index (χ4v) is 3.77. The molecule has 1 aliphatic carbocycles. The number of carbonyl (C=O) groups excluding carboxylic acids is 2. The van der Waals surface area contributed by atoms with E-state index < -0.39 is 23.3 Å². The van der Waals surface area contributed by atoms with Gasteiger partial charge in [0.25, 0.3) is 5.67 Å². The molecule has 8 heteroatoms. The molecule has 0 aliphatic heterocycles. The minimum atomic E-state index is -3.00. The van der Waals surface area contributed by atoms with E-state index in [1.54, 1.807) is 19.1 Å². The van der Waals surface area contributed by atoms with Crippen LogP contribution in [0.15, 0.2) is 30.3 Å². The Balaban J connectivity index is 2.35. The van der Waals surface area contributed by atoms with Crippen LogP contribution in [0.3, 0.4) is 0 Å². The van der Waals surface area contributed by atoms with Gasteiger partial charge >= 0.3 is 5.97 Å². The number of carbonyl (C=O) groups is 2. The monoisotopic (exact) mass is 418 g/mol. The van der Waals surface area contributed by atoms with Crippen molar-refractivity contribution in [3.63, 3.8) is 0 Å². The van der Waals surface area contributed by atoms with Gasteiger partial charge in [0.2, 0.25) is 5.78 Å². The molecule has 30 heavy (non-hydrogen) atoms. The zero-order valence-electron chi connectivity index (χ0n) is 17.4. The number of benzene rings is 2. The van der Waals surface area contributed by atoms with Crippen LogP contribution in [0.5, 0.6) is 23.0 Å². The van der Waals surface area contributed by atoms with E-state index in [1.165, 1.54) is 46.6 Å². The molecule has 160 valence electrons. The number of methoxy groups -OCH3 is 4. The molecule has 2 aromatic rings. The smallest absolute Gasteiger partial charge is 0.353 e. The highest BCUT2D eigenvalue weighted by atomic mass is 19.1. The predicted octanol–water partition coefficient (Wildman–Crippen LogP) is 3.32. The van der Waals surface area contributed by atoms with Gasteiger partial charge in [-0.1, -0.05) is 6.07 Å². The topological polar surface area (TPSA) is 80.3 Å². The molecule has 0 spiro atoms. The summed E-state index contributed by atoms with van der Waals surface area (Å²) in [5.41, 5.74) is -2.46. The standard InChI is InChI=1S/C22H23FO7/c1-6-30-21(25)22(23)19(14-8-7-12(26-2)9-15(14)20(22)24)18-16(28-4)10-13(27-3)11-17(18)29-5/h7-11,19H,6H2,1-5H3/t19-,22-/m0/s1. The SMILES string of the molecule is CCOC(=O)[C@@]1(F)C(=O)c2cc(OC)ccc2[C@H]1c1c(OC)cc(OC)cc1OC. The summed E-state index contributed by atoms with van der Waals surface area (Å²) in [6.07, 6.45) is 0. The summed E-state index contributed by atoms with van der Waals surface area (Å²) in [4.78, 5) is 25.9. The zero-order chi connectivity index (χ0) is 22.1. The molecule has 0 bridgehead atoms. The maximum atomic E-state index is 16.5. The number of hydrogen-bond acceptors (Lipinski definition) is 7. The lowest BCUT2D eigenvalue weighted by molar-refractivity contribution is -0.154. The van der Waals surface area contributed by atoms with E-state index in [2.05, 4.69) is 0 Å². The molecule has 7 nitrogen and oxygen atoms in total. The van der Waals surface area contributed by atoms with Gasteiger partial charge in [0.1, 0.15) is 23.0 Å². The van der Waals surface area contributed by atoms with Crippen molar-refractivity contribution < 1.29 is 37.7 Å². The Labute approximate surface area is 173 Å². The number of ketones is 1. The zero-order valence-corrected chi connectivity index (χ0v) is 17.4. The maximum Gasteiger partial charge on any atom is 0.353 e. The van der Waals surface area contributed by atoms with E-state index in [0.29, 0.717) is 17.1 Å². The summed E-state index contributed by atoms with van der Waals surface area (Å²) >= 11 is 0. The molecule has 0 N–H and O–H groups in total. The highest BCUT2D eigenvalue weighted by Crippen LogP contribution is 2.54. The third-order valence-corrected chi connectivity index (χ3v) is 5.16. The summed E-state index contributed by atoms with van der Waals surface area (Å²) in [5.74, 6) is -2.43. The fraction of sp³-hybridized carbons (Fsp3) is 0.364. The van der Waals surface area contributed by atoms with Gasteiger partial charge in [-0.05, 0) is 24.6 Å². The third kappa shape index (κ3) is 3.12. The Bertz CT molecular complexity index is 962. The first-order chi connectivity index (χ1) is 14.4. The molecule has 3 rings (SSSR count). The van der Waals surface area contributed by atoms with Crippen LogP contribution in [0.2, 0.25) is 0 Å². The van der Waals surface area contributed by atoms with Crippen molar-refractivity contribution in [2.75, 3.05) is 35.0 Å². The molecule has 0 amide bonds. The first kappa shape index (κ1) is 21.4. The van der Waals surface area contributed by atoms with Gasteiger partial charge in [0.15, 0.2) is 0 Å². The van der Waals surface area contributed by atoms with E-state index in [0.717, 1.165) is 0 Å². The molecule has 0 radical (unpaired) electrons. The summed E-state index contributed by atoms with van der Waals surface area (Å²) in [6.45, 7) is 1.46. The Kier molecular flexibility index (Phi) is 5.87. The first-order valence-electron chi connectivity index (χ1n) is 9.26. The van der Waals surface area contributed by atoms with Crippen molar-refractivity contribution in [1.29, 1.82) is 0 Å². The molecule has 0 aromatic heterocycles. The van der Waals surface area contributed by atoms with Crippen LogP contribution in [0.1, 0.15) is 34.3 Å². The molecular weight excluding hydrogens is 395 g/mol. The van der Waals surface area contributed by atoms with Gasteiger partial charge in [-0.2, -0.15) is 0 Å². The third-order valence-electron chi connectivity index (χ3n) is 5.16. The number of fused-ring (bicyclic) bond motifs is 1.